The first kappa shape index (κ1) is 32.0. The predicted octanol–water partition coefficient (Wildman–Crippen LogP) is 7.25. The summed E-state index contributed by atoms with van der Waals surface area (Å²) in [6.45, 7) is 24.7. The molecule has 0 amide bonds. The van der Waals surface area contributed by atoms with E-state index in [9.17, 15) is 4.79 Å². The van der Waals surface area contributed by atoms with E-state index in [1.165, 1.54) is 31.3 Å². The molecule has 244 valence electrons. The predicted molar refractivity (Wildman–Crippen MR) is 196 cm³/mol. The molecule has 4 heterocycles. The number of ether oxygens (including phenoxy) is 1. The van der Waals surface area contributed by atoms with Gasteiger partial charge in [-0.15, -0.1) is 0 Å². The van der Waals surface area contributed by atoms with E-state index in [1.54, 1.807) is 0 Å². The molecule has 0 N–H and O–H groups in total. The Morgan fingerprint density at radius 3 is 1.85 bits per heavy atom. The Hall–Kier alpha value is -2.55. The number of esters is 1. The minimum atomic E-state index is -2.89. The average molecular weight is 698 g/mol. The molecular formula is C39H52GeN2O3Si. The molecule has 2 fully saturated rings. The van der Waals surface area contributed by atoms with Crippen molar-refractivity contribution in [2.24, 2.45) is 5.92 Å². The maximum atomic E-state index is 13.8. The van der Waals surface area contributed by atoms with Crippen LogP contribution in [0.2, 0.25) is 29.6 Å². The number of benzene rings is 3. The third kappa shape index (κ3) is 4.75. The minimum absolute atomic E-state index is 0.0539. The van der Waals surface area contributed by atoms with Crippen LogP contribution in [0.4, 0.5) is 11.4 Å². The molecule has 3 aromatic carbocycles. The number of anilines is 2. The monoisotopic (exact) mass is 698 g/mol. The molecule has 7 heteroatoms. The molecule has 0 saturated carbocycles. The van der Waals surface area contributed by atoms with Gasteiger partial charge in [0.1, 0.15) is 0 Å². The van der Waals surface area contributed by atoms with Crippen LogP contribution >= 0.6 is 0 Å². The normalized spacial score (nSPS) is 22.6. The number of hydrogen-bond acceptors (Lipinski definition) is 5. The second-order valence-corrected chi connectivity index (χ2v) is 31.4. The maximum absolute atomic E-state index is 13.8. The van der Waals surface area contributed by atoms with Gasteiger partial charge in [0.15, 0.2) is 0 Å². The summed E-state index contributed by atoms with van der Waals surface area (Å²) in [7, 11) is -1.82. The van der Waals surface area contributed by atoms with Crippen molar-refractivity contribution in [3.05, 3.63) is 82.4 Å². The van der Waals surface area contributed by atoms with Crippen molar-refractivity contribution in [2.45, 2.75) is 95.2 Å². The van der Waals surface area contributed by atoms with Gasteiger partial charge >= 0.3 is 281 Å². The summed E-state index contributed by atoms with van der Waals surface area (Å²) in [4.78, 5) is 18.7. The molecule has 0 bridgehead atoms. The van der Waals surface area contributed by atoms with E-state index >= 15 is 0 Å². The topological polar surface area (TPSA) is 42.0 Å². The van der Waals surface area contributed by atoms with E-state index in [2.05, 4.69) is 131 Å². The van der Waals surface area contributed by atoms with E-state index < -0.39 is 27.2 Å². The molecule has 0 aliphatic carbocycles. The Morgan fingerprint density at radius 1 is 0.804 bits per heavy atom. The van der Waals surface area contributed by atoms with Crippen molar-refractivity contribution < 1.29 is 14.0 Å². The van der Waals surface area contributed by atoms with Gasteiger partial charge in [-0.25, -0.2) is 0 Å². The van der Waals surface area contributed by atoms with E-state index in [-0.39, 0.29) is 22.5 Å². The van der Waals surface area contributed by atoms with Crippen LogP contribution in [-0.2, 0) is 20.2 Å². The molecule has 1 atom stereocenters. The summed E-state index contributed by atoms with van der Waals surface area (Å²) in [5, 5.41) is 0.202. The van der Waals surface area contributed by atoms with Gasteiger partial charge < -0.3 is 0 Å². The van der Waals surface area contributed by atoms with Crippen LogP contribution in [0.25, 0.3) is 0 Å². The Balaban J connectivity index is 1.35. The van der Waals surface area contributed by atoms with Crippen molar-refractivity contribution in [3.8, 4) is 0 Å². The Labute approximate surface area is 280 Å². The SMILES string of the molecule is CC1CN(c2ccc3[c](c2)[Ge]([CH3])([CH3])[c]2cc(N4CC(O[Si](C)(C)C(C)(C)C)C4)ccc2C32OC(=O)c3ccc(C(C)(C)C)cc32)C1. The number of fused-ring (bicyclic) bond motifs is 6. The number of rotatable bonds is 4. The molecular weight excluding hydrogens is 645 g/mol. The first-order valence-electron chi connectivity index (χ1n) is 17.2. The van der Waals surface area contributed by atoms with Crippen molar-refractivity contribution in [1.29, 1.82) is 0 Å². The quantitative estimate of drug-likeness (QED) is 0.213. The van der Waals surface area contributed by atoms with Crippen LogP contribution in [0.15, 0.2) is 54.6 Å². The zero-order chi connectivity index (χ0) is 33.2. The van der Waals surface area contributed by atoms with Crippen molar-refractivity contribution in [3.63, 3.8) is 0 Å². The summed E-state index contributed by atoms with van der Waals surface area (Å²) >= 11 is -2.89. The molecule has 0 aromatic heterocycles. The van der Waals surface area contributed by atoms with Crippen LogP contribution in [0.5, 0.6) is 0 Å². The van der Waals surface area contributed by atoms with E-state index in [0.717, 1.165) is 43.2 Å². The summed E-state index contributed by atoms with van der Waals surface area (Å²) < 4.78 is 16.3. The number of nitrogens with zero attached hydrogens (tertiary/aromatic N) is 2. The van der Waals surface area contributed by atoms with Crippen LogP contribution in [-0.4, -0.2) is 59.8 Å². The van der Waals surface area contributed by atoms with E-state index in [4.69, 9.17) is 9.16 Å². The summed E-state index contributed by atoms with van der Waals surface area (Å²) in [5.74, 6) is 5.55. The zero-order valence-electron chi connectivity index (χ0n) is 29.8. The van der Waals surface area contributed by atoms with Gasteiger partial charge in [-0.2, -0.15) is 0 Å². The van der Waals surface area contributed by atoms with Gasteiger partial charge in [0.05, 0.1) is 0 Å². The van der Waals surface area contributed by atoms with Crippen LogP contribution in [0.1, 0.15) is 81.1 Å². The van der Waals surface area contributed by atoms with Crippen LogP contribution in [0.3, 0.4) is 0 Å². The van der Waals surface area contributed by atoms with E-state index in [0.29, 0.717) is 5.56 Å². The molecule has 5 nitrogen and oxygen atoms in total. The van der Waals surface area contributed by atoms with E-state index in [1.807, 2.05) is 6.07 Å². The van der Waals surface area contributed by atoms with Crippen LogP contribution in [0, 0.1) is 5.92 Å². The summed E-state index contributed by atoms with van der Waals surface area (Å²) in [6, 6.07) is 20.4. The van der Waals surface area contributed by atoms with Gasteiger partial charge in [0.25, 0.3) is 0 Å². The third-order valence-electron chi connectivity index (χ3n) is 11.8. The number of carbonyl (C=O) groups excluding carboxylic acids is 1. The van der Waals surface area contributed by atoms with Crippen LogP contribution < -0.4 is 18.6 Å². The molecule has 7 rings (SSSR count). The number of hydrogen-bond donors (Lipinski definition) is 0. The molecule has 4 aliphatic rings. The first-order chi connectivity index (χ1) is 21.3. The van der Waals surface area contributed by atoms with Gasteiger partial charge in [0.2, 0.25) is 0 Å². The second-order valence-electron chi connectivity index (χ2n) is 17.6. The summed E-state index contributed by atoms with van der Waals surface area (Å²) in [5.41, 5.74) is 6.79. The summed E-state index contributed by atoms with van der Waals surface area (Å²) in [6.07, 6.45) is 0.276. The molecule has 46 heavy (non-hydrogen) atoms. The standard InChI is InChI=1S/C39H52GeN2O3Si/c1-25-21-41(22-25)27-13-16-31-34(19-27)40(8,9)35-20-28(42-23-29(24-42)45-46(10,11)38(5,6)7)14-17-32(35)39(31)33-18-26(37(2,3)4)12-15-30(33)36(43)44-39/h12-20,25,29H,21-24H2,1-11H3. The zero-order valence-corrected chi connectivity index (χ0v) is 32.9. The third-order valence-corrected chi connectivity index (χ3v) is 23.7. The molecule has 1 spiro atoms. The van der Waals surface area contributed by atoms with Gasteiger partial charge in [-0.1, -0.05) is 0 Å². The second kappa shape index (κ2) is 10.2. The Kier molecular flexibility index (Phi) is 7.12. The fraction of sp³-hybridized carbons (Fsp3) is 0.513. The molecule has 1 unspecified atom stereocenters. The molecule has 3 aromatic rings. The van der Waals surface area contributed by atoms with Crippen molar-refractivity contribution in [2.75, 3.05) is 36.0 Å². The molecule has 2 saturated heterocycles. The first-order valence-corrected chi connectivity index (χ1v) is 26.4. The average Bonchev–Trinajstić information content (AvgIpc) is 3.23. The fourth-order valence-electron chi connectivity index (χ4n) is 7.75. The van der Waals surface area contributed by atoms with Gasteiger partial charge in [0, 0.05) is 0 Å². The molecule has 0 radical (unpaired) electrons. The van der Waals surface area contributed by atoms with Crippen molar-refractivity contribution >= 4 is 47.7 Å². The Bertz CT molecular complexity index is 1740. The number of carbonyl (C=O) groups is 1. The van der Waals surface area contributed by atoms with Gasteiger partial charge in [-0.3, -0.25) is 0 Å². The Morgan fingerprint density at radius 2 is 1.35 bits per heavy atom. The van der Waals surface area contributed by atoms with Gasteiger partial charge in [-0.05, 0) is 0 Å². The molecule has 4 aliphatic heterocycles. The van der Waals surface area contributed by atoms with Crippen molar-refractivity contribution in [1.82, 2.24) is 0 Å². The fourth-order valence-corrected chi connectivity index (χ4v) is 15.7.